The van der Waals surface area contributed by atoms with E-state index in [2.05, 4.69) is 45.0 Å². The van der Waals surface area contributed by atoms with Crippen LogP contribution in [0.1, 0.15) is 20.3 Å². The summed E-state index contributed by atoms with van der Waals surface area (Å²) in [6.07, 6.45) is 1.03. The van der Waals surface area contributed by atoms with Gasteiger partial charge in [0.1, 0.15) is 17.3 Å². The number of ether oxygens (including phenoxy) is 1. The zero-order chi connectivity index (χ0) is 24.4. The van der Waals surface area contributed by atoms with Crippen LogP contribution >= 0.6 is 11.8 Å². The quantitative estimate of drug-likeness (QED) is 0.427. The summed E-state index contributed by atoms with van der Waals surface area (Å²) in [6.45, 7) is 9.30. The molecule has 1 saturated heterocycles. The zero-order valence-electron chi connectivity index (χ0n) is 20.3. The Morgan fingerprint density at radius 1 is 0.914 bits per heavy atom. The first kappa shape index (κ1) is 23.8. The number of para-hydroxylation sites is 2. The lowest BCUT2D eigenvalue weighted by atomic mass is 10.2. The SMILES string of the molecule is CC(C)Oc1ccc(F)cc1N1CCN(CCCN2c3ccccc3Sc3cccc(O)c32)CC1. The Morgan fingerprint density at radius 3 is 2.49 bits per heavy atom. The van der Waals surface area contributed by atoms with Gasteiger partial charge in [0.2, 0.25) is 0 Å². The third kappa shape index (κ3) is 5.21. The van der Waals surface area contributed by atoms with Crippen LogP contribution in [0.4, 0.5) is 21.5 Å². The third-order valence-corrected chi connectivity index (χ3v) is 7.59. The van der Waals surface area contributed by atoms with Crippen LogP contribution in [0.15, 0.2) is 70.5 Å². The molecule has 0 saturated carbocycles. The summed E-state index contributed by atoms with van der Waals surface area (Å²) in [5.41, 5.74) is 2.90. The average Bonchev–Trinajstić information content (AvgIpc) is 2.85. The van der Waals surface area contributed by atoms with Crippen LogP contribution in [0.3, 0.4) is 0 Å². The number of rotatable bonds is 7. The standard InChI is InChI=1S/C28H32FN3O2S/c1-20(2)34-25-12-11-21(29)19-23(25)31-17-15-30(16-18-31)13-6-14-32-22-7-3-4-9-26(22)35-27-10-5-8-24(33)28(27)32/h3-5,7-12,19-20,33H,6,13-18H2,1-2H3. The number of aromatic hydroxyl groups is 1. The van der Waals surface area contributed by atoms with Gasteiger partial charge < -0.3 is 19.6 Å². The number of phenols is 1. The molecule has 2 aliphatic rings. The number of anilines is 3. The molecule has 2 aliphatic heterocycles. The van der Waals surface area contributed by atoms with Gasteiger partial charge in [-0.3, -0.25) is 4.90 Å². The third-order valence-electron chi connectivity index (χ3n) is 6.48. The van der Waals surface area contributed by atoms with Crippen molar-refractivity contribution in [3.8, 4) is 11.5 Å². The Bertz CT molecular complexity index is 1180. The van der Waals surface area contributed by atoms with Crippen molar-refractivity contribution in [3.63, 3.8) is 0 Å². The van der Waals surface area contributed by atoms with Gasteiger partial charge in [-0.05, 0) is 63.2 Å². The van der Waals surface area contributed by atoms with E-state index in [-0.39, 0.29) is 11.9 Å². The fourth-order valence-corrected chi connectivity index (χ4v) is 5.98. The molecule has 35 heavy (non-hydrogen) atoms. The fraction of sp³-hybridized carbons (Fsp3) is 0.357. The van der Waals surface area contributed by atoms with E-state index < -0.39 is 0 Å². The first-order chi connectivity index (χ1) is 17.0. The Kier molecular flexibility index (Phi) is 7.07. The summed E-state index contributed by atoms with van der Waals surface area (Å²) >= 11 is 1.71. The molecule has 0 unspecified atom stereocenters. The van der Waals surface area contributed by atoms with Gasteiger partial charge in [0, 0.05) is 48.6 Å². The lowest BCUT2D eigenvalue weighted by Gasteiger charge is -2.38. The first-order valence-electron chi connectivity index (χ1n) is 12.3. The smallest absolute Gasteiger partial charge is 0.143 e. The molecule has 5 rings (SSSR count). The predicted octanol–water partition coefficient (Wildman–Crippen LogP) is 6.13. The van der Waals surface area contributed by atoms with Gasteiger partial charge in [-0.2, -0.15) is 0 Å². The number of benzene rings is 3. The van der Waals surface area contributed by atoms with Gasteiger partial charge in [0.05, 0.1) is 23.2 Å². The highest BCUT2D eigenvalue weighted by atomic mass is 32.2. The number of piperazine rings is 1. The number of hydrogen-bond donors (Lipinski definition) is 1. The molecule has 0 atom stereocenters. The Balaban J connectivity index is 1.21. The number of fused-ring (bicyclic) bond motifs is 2. The maximum atomic E-state index is 14.0. The molecule has 0 amide bonds. The highest BCUT2D eigenvalue weighted by Crippen LogP contribution is 2.51. The van der Waals surface area contributed by atoms with Crippen LogP contribution in [0.2, 0.25) is 0 Å². The van der Waals surface area contributed by atoms with E-state index in [4.69, 9.17) is 4.74 Å². The van der Waals surface area contributed by atoms with Crippen LogP contribution in [0, 0.1) is 5.82 Å². The fourth-order valence-electron chi connectivity index (χ4n) is 4.86. The van der Waals surface area contributed by atoms with E-state index in [0.29, 0.717) is 5.75 Å². The van der Waals surface area contributed by atoms with E-state index >= 15 is 0 Å². The highest BCUT2D eigenvalue weighted by Gasteiger charge is 2.26. The maximum absolute atomic E-state index is 14.0. The van der Waals surface area contributed by atoms with Crippen LogP contribution in [0.5, 0.6) is 11.5 Å². The van der Waals surface area contributed by atoms with Crippen molar-refractivity contribution >= 4 is 28.8 Å². The Hall–Kier alpha value is -2.90. The van der Waals surface area contributed by atoms with Crippen molar-refractivity contribution in [3.05, 3.63) is 66.5 Å². The molecule has 3 aromatic rings. The second kappa shape index (κ2) is 10.4. The summed E-state index contributed by atoms with van der Waals surface area (Å²) in [7, 11) is 0. The van der Waals surface area contributed by atoms with Crippen molar-refractivity contribution in [2.45, 2.75) is 36.2 Å². The van der Waals surface area contributed by atoms with Crippen molar-refractivity contribution < 1.29 is 14.2 Å². The van der Waals surface area contributed by atoms with Gasteiger partial charge in [-0.25, -0.2) is 4.39 Å². The second-order valence-corrected chi connectivity index (χ2v) is 10.4. The number of nitrogens with zero attached hydrogens (tertiary/aromatic N) is 3. The van der Waals surface area contributed by atoms with Crippen molar-refractivity contribution in [1.82, 2.24) is 4.90 Å². The highest BCUT2D eigenvalue weighted by molar-refractivity contribution is 7.99. The molecule has 0 radical (unpaired) electrons. The lowest BCUT2D eigenvalue weighted by Crippen LogP contribution is -2.47. The van der Waals surface area contributed by atoms with Crippen molar-refractivity contribution in [1.29, 1.82) is 0 Å². The molecule has 0 spiro atoms. The Labute approximate surface area is 211 Å². The minimum atomic E-state index is -0.234. The summed E-state index contributed by atoms with van der Waals surface area (Å²) in [5, 5.41) is 10.6. The summed E-state index contributed by atoms with van der Waals surface area (Å²) in [6, 6.07) is 18.9. The summed E-state index contributed by atoms with van der Waals surface area (Å²) in [5.74, 6) is 0.838. The minimum Gasteiger partial charge on any atom is -0.506 e. The van der Waals surface area contributed by atoms with Crippen LogP contribution in [-0.4, -0.2) is 55.4 Å². The topological polar surface area (TPSA) is 39.2 Å². The van der Waals surface area contributed by atoms with Crippen LogP contribution in [0.25, 0.3) is 0 Å². The number of halogens is 1. The molecule has 0 aliphatic carbocycles. The molecule has 7 heteroatoms. The van der Waals surface area contributed by atoms with Crippen LogP contribution < -0.4 is 14.5 Å². The second-order valence-electron chi connectivity index (χ2n) is 9.31. The van der Waals surface area contributed by atoms with Crippen molar-refractivity contribution in [2.75, 3.05) is 49.1 Å². The molecule has 3 aromatic carbocycles. The molecule has 1 fully saturated rings. The molecule has 0 bridgehead atoms. The van der Waals surface area contributed by atoms with Gasteiger partial charge in [-0.15, -0.1) is 0 Å². The van der Waals surface area contributed by atoms with E-state index in [1.165, 1.54) is 11.0 Å². The molecular weight excluding hydrogens is 461 g/mol. The van der Waals surface area contributed by atoms with Gasteiger partial charge in [-0.1, -0.05) is 30.0 Å². The predicted molar refractivity (Wildman–Crippen MR) is 141 cm³/mol. The molecule has 2 heterocycles. The van der Waals surface area contributed by atoms with E-state index in [0.717, 1.165) is 73.4 Å². The first-order valence-corrected chi connectivity index (χ1v) is 13.1. The summed E-state index contributed by atoms with van der Waals surface area (Å²) in [4.78, 5) is 9.26. The molecule has 1 N–H and O–H groups in total. The summed E-state index contributed by atoms with van der Waals surface area (Å²) < 4.78 is 19.9. The van der Waals surface area contributed by atoms with E-state index in [1.807, 2.05) is 19.9 Å². The largest absolute Gasteiger partial charge is 0.506 e. The van der Waals surface area contributed by atoms with Gasteiger partial charge >= 0.3 is 0 Å². The molecule has 5 nitrogen and oxygen atoms in total. The van der Waals surface area contributed by atoms with E-state index in [1.54, 1.807) is 30.0 Å². The van der Waals surface area contributed by atoms with Gasteiger partial charge in [0.25, 0.3) is 0 Å². The van der Waals surface area contributed by atoms with E-state index in [9.17, 15) is 9.50 Å². The number of phenolic OH excluding ortho intramolecular Hbond substituents is 1. The maximum Gasteiger partial charge on any atom is 0.143 e. The monoisotopic (exact) mass is 493 g/mol. The average molecular weight is 494 g/mol. The van der Waals surface area contributed by atoms with Gasteiger partial charge in [0.15, 0.2) is 0 Å². The normalized spacial score (nSPS) is 15.8. The minimum absolute atomic E-state index is 0.0448. The zero-order valence-corrected chi connectivity index (χ0v) is 21.1. The Morgan fingerprint density at radius 2 is 1.69 bits per heavy atom. The van der Waals surface area contributed by atoms with Crippen LogP contribution in [-0.2, 0) is 0 Å². The van der Waals surface area contributed by atoms with Crippen molar-refractivity contribution in [2.24, 2.45) is 0 Å². The molecular formula is C28H32FN3O2S. The molecule has 184 valence electrons. The number of hydrogen-bond acceptors (Lipinski definition) is 6. The molecule has 0 aromatic heterocycles. The lowest BCUT2D eigenvalue weighted by molar-refractivity contribution is 0.237.